The van der Waals surface area contributed by atoms with E-state index in [-0.39, 0.29) is 30.5 Å². The van der Waals surface area contributed by atoms with Crippen LogP contribution in [-0.4, -0.2) is 43.7 Å². The molecule has 0 radical (unpaired) electrons. The third kappa shape index (κ3) is 7.22. The van der Waals surface area contributed by atoms with Crippen molar-refractivity contribution in [2.75, 3.05) is 30.4 Å². The summed E-state index contributed by atoms with van der Waals surface area (Å²) in [7, 11) is 0. The standard InChI is InChI=1S/C26H33N3O4/c30-25(28-22-11-5-12-23(16-22)33-18-24-13-6-14-32-24)17-27-21-10-4-7-19(15-21)26(31)29-20-8-2-1-3-9-20/h4-5,7,10-12,15-16,20,24,27H,1-3,6,8-9,13-14,17-18H2,(H,28,30)(H,29,31). The van der Waals surface area contributed by atoms with Gasteiger partial charge in [0.15, 0.2) is 0 Å². The van der Waals surface area contributed by atoms with E-state index in [1.54, 1.807) is 12.1 Å². The summed E-state index contributed by atoms with van der Waals surface area (Å²) in [6.07, 6.45) is 7.93. The highest BCUT2D eigenvalue weighted by molar-refractivity contribution is 5.96. The first kappa shape index (κ1) is 23.1. The number of hydrogen-bond donors (Lipinski definition) is 3. The van der Waals surface area contributed by atoms with Crippen LogP contribution < -0.4 is 20.7 Å². The highest BCUT2D eigenvalue weighted by atomic mass is 16.5. The van der Waals surface area contributed by atoms with Crippen LogP contribution in [-0.2, 0) is 9.53 Å². The van der Waals surface area contributed by atoms with Gasteiger partial charge in [0.1, 0.15) is 12.4 Å². The highest BCUT2D eigenvalue weighted by Crippen LogP contribution is 2.20. The smallest absolute Gasteiger partial charge is 0.251 e. The number of rotatable bonds is 9. The Morgan fingerprint density at radius 3 is 2.58 bits per heavy atom. The largest absolute Gasteiger partial charge is 0.491 e. The lowest BCUT2D eigenvalue weighted by atomic mass is 9.95. The topological polar surface area (TPSA) is 88.7 Å². The lowest BCUT2D eigenvalue weighted by Gasteiger charge is -2.22. The second kappa shape index (κ2) is 11.7. The lowest BCUT2D eigenvalue weighted by molar-refractivity contribution is -0.114. The molecular weight excluding hydrogens is 418 g/mol. The van der Waals surface area contributed by atoms with Gasteiger partial charge in [0.25, 0.3) is 5.91 Å². The summed E-state index contributed by atoms with van der Waals surface area (Å²) in [6.45, 7) is 1.41. The molecule has 2 aromatic carbocycles. The van der Waals surface area contributed by atoms with Crippen molar-refractivity contribution in [2.45, 2.75) is 57.1 Å². The number of amides is 2. The number of nitrogens with one attached hydrogen (secondary N) is 3. The van der Waals surface area contributed by atoms with Gasteiger partial charge >= 0.3 is 0 Å². The van der Waals surface area contributed by atoms with E-state index in [1.807, 2.05) is 36.4 Å². The quantitative estimate of drug-likeness (QED) is 0.527. The summed E-state index contributed by atoms with van der Waals surface area (Å²) >= 11 is 0. The fourth-order valence-electron chi connectivity index (χ4n) is 4.30. The van der Waals surface area contributed by atoms with Crippen LogP contribution in [0.4, 0.5) is 11.4 Å². The molecule has 33 heavy (non-hydrogen) atoms. The molecule has 1 unspecified atom stereocenters. The zero-order chi connectivity index (χ0) is 22.9. The first-order chi connectivity index (χ1) is 16.2. The number of carbonyl (C=O) groups is 2. The fraction of sp³-hybridized carbons (Fsp3) is 0.462. The zero-order valence-electron chi connectivity index (χ0n) is 19.0. The maximum absolute atomic E-state index is 12.6. The molecule has 176 valence electrons. The SMILES string of the molecule is O=C(CNc1cccc(C(=O)NC2CCCCC2)c1)Nc1cccc(OCC2CCCO2)c1. The first-order valence-corrected chi connectivity index (χ1v) is 11.9. The maximum Gasteiger partial charge on any atom is 0.251 e. The Morgan fingerprint density at radius 2 is 1.76 bits per heavy atom. The Labute approximate surface area is 195 Å². The molecule has 2 fully saturated rings. The predicted molar refractivity (Wildman–Crippen MR) is 129 cm³/mol. The van der Waals surface area contributed by atoms with Gasteiger partial charge in [-0.25, -0.2) is 0 Å². The Bertz CT molecular complexity index is 937. The molecule has 7 heteroatoms. The molecule has 4 rings (SSSR count). The fourth-order valence-corrected chi connectivity index (χ4v) is 4.30. The Hall–Kier alpha value is -3.06. The molecule has 1 aliphatic heterocycles. The molecule has 0 bridgehead atoms. The molecule has 2 aromatic rings. The highest BCUT2D eigenvalue weighted by Gasteiger charge is 2.17. The minimum absolute atomic E-state index is 0.0604. The van der Waals surface area contributed by atoms with Crippen molar-refractivity contribution in [3.05, 3.63) is 54.1 Å². The molecule has 0 aromatic heterocycles. The van der Waals surface area contributed by atoms with Crippen LogP contribution in [0.25, 0.3) is 0 Å². The van der Waals surface area contributed by atoms with Gasteiger partial charge in [0.05, 0.1) is 12.6 Å². The van der Waals surface area contributed by atoms with Gasteiger partial charge in [-0.15, -0.1) is 0 Å². The molecule has 0 spiro atoms. The lowest BCUT2D eigenvalue weighted by Crippen LogP contribution is -2.36. The van der Waals surface area contributed by atoms with Crippen LogP contribution in [0, 0.1) is 0 Å². The van der Waals surface area contributed by atoms with E-state index < -0.39 is 0 Å². The summed E-state index contributed by atoms with van der Waals surface area (Å²) in [5.41, 5.74) is 2.00. The number of anilines is 2. The van der Waals surface area contributed by atoms with Crippen LogP contribution in [0.2, 0.25) is 0 Å². The molecule has 7 nitrogen and oxygen atoms in total. The summed E-state index contributed by atoms with van der Waals surface area (Å²) in [6, 6.07) is 14.9. The van der Waals surface area contributed by atoms with Crippen LogP contribution in [0.15, 0.2) is 48.5 Å². The monoisotopic (exact) mass is 451 g/mol. The van der Waals surface area contributed by atoms with Gasteiger partial charge in [-0.3, -0.25) is 9.59 Å². The molecule has 1 atom stereocenters. The Kier molecular flexibility index (Phi) is 8.19. The minimum atomic E-state index is -0.177. The number of hydrogen-bond acceptors (Lipinski definition) is 5. The Morgan fingerprint density at radius 1 is 0.939 bits per heavy atom. The van der Waals surface area contributed by atoms with Crippen LogP contribution in [0.5, 0.6) is 5.75 Å². The summed E-state index contributed by atoms with van der Waals surface area (Å²) in [4.78, 5) is 25.0. The zero-order valence-corrected chi connectivity index (χ0v) is 19.0. The summed E-state index contributed by atoms with van der Waals surface area (Å²) in [5.74, 6) is 0.464. The molecule has 1 heterocycles. The number of benzene rings is 2. The molecule has 1 aliphatic carbocycles. The molecule has 1 saturated carbocycles. The van der Waals surface area contributed by atoms with Gasteiger partial charge in [-0.2, -0.15) is 0 Å². The van der Waals surface area contributed by atoms with E-state index in [2.05, 4.69) is 16.0 Å². The van der Waals surface area contributed by atoms with Crippen LogP contribution in [0.1, 0.15) is 55.3 Å². The van der Waals surface area contributed by atoms with E-state index in [9.17, 15) is 9.59 Å². The van der Waals surface area contributed by atoms with Crippen molar-refractivity contribution in [1.29, 1.82) is 0 Å². The molecule has 1 saturated heterocycles. The summed E-state index contributed by atoms with van der Waals surface area (Å²) in [5, 5.41) is 9.11. The van der Waals surface area contributed by atoms with Gasteiger partial charge < -0.3 is 25.4 Å². The normalized spacial score (nSPS) is 18.5. The van der Waals surface area contributed by atoms with Crippen LogP contribution >= 0.6 is 0 Å². The van der Waals surface area contributed by atoms with Gasteiger partial charge in [-0.1, -0.05) is 31.4 Å². The van der Waals surface area contributed by atoms with Crippen molar-refractivity contribution < 1.29 is 19.1 Å². The van der Waals surface area contributed by atoms with Crippen molar-refractivity contribution in [3.63, 3.8) is 0 Å². The maximum atomic E-state index is 12.6. The van der Waals surface area contributed by atoms with E-state index in [0.29, 0.717) is 23.6 Å². The minimum Gasteiger partial charge on any atom is -0.491 e. The van der Waals surface area contributed by atoms with Crippen molar-refractivity contribution in [1.82, 2.24) is 5.32 Å². The molecule has 2 amide bonds. The van der Waals surface area contributed by atoms with Gasteiger partial charge in [-0.05, 0) is 56.0 Å². The average molecular weight is 452 g/mol. The van der Waals surface area contributed by atoms with Crippen molar-refractivity contribution in [3.8, 4) is 5.75 Å². The molecule has 3 N–H and O–H groups in total. The molecular formula is C26H33N3O4. The average Bonchev–Trinajstić information content (AvgIpc) is 3.36. The number of ether oxygens (including phenoxy) is 2. The third-order valence-electron chi connectivity index (χ3n) is 6.10. The Balaban J connectivity index is 1.24. The third-order valence-corrected chi connectivity index (χ3v) is 6.10. The first-order valence-electron chi connectivity index (χ1n) is 11.9. The second-order valence-corrected chi connectivity index (χ2v) is 8.76. The van der Waals surface area contributed by atoms with Gasteiger partial charge in [0.2, 0.25) is 5.91 Å². The van der Waals surface area contributed by atoms with Crippen molar-refractivity contribution in [2.24, 2.45) is 0 Å². The van der Waals surface area contributed by atoms with E-state index >= 15 is 0 Å². The number of carbonyl (C=O) groups excluding carboxylic acids is 2. The van der Waals surface area contributed by atoms with Gasteiger partial charge in [0, 0.05) is 35.7 Å². The van der Waals surface area contributed by atoms with Crippen molar-refractivity contribution >= 4 is 23.2 Å². The predicted octanol–water partition coefficient (Wildman–Crippen LogP) is 4.36. The van der Waals surface area contributed by atoms with E-state index in [1.165, 1.54) is 19.3 Å². The molecule has 2 aliphatic rings. The summed E-state index contributed by atoms with van der Waals surface area (Å²) < 4.78 is 11.4. The second-order valence-electron chi connectivity index (χ2n) is 8.76. The van der Waals surface area contributed by atoms with Crippen LogP contribution in [0.3, 0.4) is 0 Å². The van der Waals surface area contributed by atoms with E-state index in [4.69, 9.17) is 9.47 Å². The van der Waals surface area contributed by atoms with E-state index in [0.717, 1.165) is 38.0 Å².